The van der Waals surface area contributed by atoms with E-state index in [1.54, 1.807) is 24.4 Å². The minimum Gasteiger partial charge on any atom is -0.383 e. The zero-order valence-electron chi connectivity index (χ0n) is 13.4. The van der Waals surface area contributed by atoms with Crippen LogP contribution >= 0.6 is 0 Å². The normalized spacial score (nSPS) is 21.2. The number of anilines is 2. The molecule has 3 rings (SSSR count). The Morgan fingerprint density at radius 3 is 2.70 bits per heavy atom. The molecular weight excluding hydrogens is 290 g/mol. The molecule has 0 spiro atoms. The molecule has 3 heterocycles. The van der Waals surface area contributed by atoms with Crippen molar-refractivity contribution in [2.75, 3.05) is 23.7 Å². The number of ketones is 1. The Kier molecular flexibility index (Phi) is 4.25. The summed E-state index contributed by atoms with van der Waals surface area (Å²) < 4.78 is 0. The minimum atomic E-state index is -0.200. The molecule has 0 amide bonds. The smallest absolute Gasteiger partial charge is 0.215 e. The zero-order valence-corrected chi connectivity index (χ0v) is 13.4. The maximum Gasteiger partial charge on any atom is 0.215 e. The third-order valence-electron chi connectivity index (χ3n) is 3.93. The molecule has 1 saturated heterocycles. The van der Waals surface area contributed by atoms with Crippen molar-refractivity contribution in [2.45, 2.75) is 25.9 Å². The standard InChI is InChI=1S/C17H21N5O.H2/c1-11-9-22(10-12(2)20-11)15-7-3-6-14(21-15)16(23)13-5-4-8-19-17(13)18;/h3-8,11-12,20H,9-10H2,1-2H3,(H2,18,19);1H/t11-,12+;. The van der Waals surface area contributed by atoms with Crippen LogP contribution in [0.5, 0.6) is 0 Å². The summed E-state index contributed by atoms with van der Waals surface area (Å²) in [6.07, 6.45) is 1.57. The Morgan fingerprint density at radius 2 is 2.00 bits per heavy atom. The number of nitrogens with zero attached hydrogens (tertiary/aromatic N) is 3. The summed E-state index contributed by atoms with van der Waals surface area (Å²) >= 11 is 0. The molecule has 3 N–H and O–H groups in total. The topological polar surface area (TPSA) is 84.1 Å². The van der Waals surface area contributed by atoms with Crippen LogP contribution in [0.15, 0.2) is 36.5 Å². The van der Waals surface area contributed by atoms with E-state index in [0.29, 0.717) is 23.3 Å². The number of nitrogen functional groups attached to an aromatic ring is 1. The van der Waals surface area contributed by atoms with Crippen molar-refractivity contribution < 1.29 is 6.22 Å². The molecule has 0 aliphatic carbocycles. The Balaban J connectivity index is 0.00000208. The van der Waals surface area contributed by atoms with E-state index >= 15 is 0 Å². The lowest BCUT2D eigenvalue weighted by Gasteiger charge is -2.37. The van der Waals surface area contributed by atoms with E-state index in [0.717, 1.165) is 18.9 Å². The number of nitrogens with one attached hydrogen (secondary N) is 1. The van der Waals surface area contributed by atoms with E-state index in [4.69, 9.17) is 5.73 Å². The fourth-order valence-corrected chi connectivity index (χ4v) is 2.99. The molecule has 0 unspecified atom stereocenters. The Hall–Kier alpha value is -2.47. The maximum absolute atomic E-state index is 12.6. The van der Waals surface area contributed by atoms with E-state index in [9.17, 15) is 4.79 Å². The second kappa shape index (κ2) is 6.34. The third-order valence-corrected chi connectivity index (χ3v) is 3.93. The highest BCUT2D eigenvalue weighted by atomic mass is 16.1. The first-order chi connectivity index (χ1) is 11.0. The third kappa shape index (κ3) is 3.32. The fraction of sp³-hybridized carbons (Fsp3) is 0.353. The van der Waals surface area contributed by atoms with Gasteiger partial charge < -0.3 is 16.0 Å². The lowest BCUT2D eigenvalue weighted by Crippen LogP contribution is -2.54. The summed E-state index contributed by atoms with van der Waals surface area (Å²) in [6.45, 7) is 6.02. The SMILES string of the molecule is C[C@@H]1CN(c2cccc(C(=O)c3cccnc3N)n2)C[C@H](C)N1.[HH]. The summed E-state index contributed by atoms with van der Waals surface area (Å²) in [4.78, 5) is 23.3. The Morgan fingerprint density at radius 1 is 1.26 bits per heavy atom. The average molecular weight is 313 g/mol. The lowest BCUT2D eigenvalue weighted by molar-refractivity contribution is 0.103. The molecule has 122 valence electrons. The van der Waals surface area contributed by atoms with Gasteiger partial charge in [-0.25, -0.2) is 9.97 Å². The Bertz CT molecular complexity index is 714. The second-order valence-corrected chi connectivity index (χ2v) is 6.02. The number of aromatic nitrogens is 2. The fourth-order valence-electron chi connectivity index (χ4n) is 2.99. The van der Waals surface area contributed by atoms with Crippen LogP contribution < -0.4 is 16.0 Å². The summed E-state index contributed by atoms with van der Waals surface area (Å²) in [6, 6.07) is 9.66. The van der Waals surface area contributed by atoms with Crippen LogP contribution in [-0.2, 0) is 0 Å². The summed E-state index contributed by atoms with van der Waals surface area (Å²) in [5, 5.41) is 3.49. The molecule has 6 nitrogen and oxygen atoms in total. The van der Waals surface area contributed by atoms with Crippen molar-refractivity contribution in [3.63, 3.8) is 0 Å². The van der Waals surface area contributed by atoms with Gasteiger partial charge in [0.1, 0.15) is 17.3 Å². The van der Waals surface area contributed by atoms with Crippen LogP contribution in [0.2, 0.25) is 0 Å². The molecule has 6 heteroatoms. The van der Waals surface area contributed by atoms with Crippen LogP contribution in [0.1, 0.15) is 31.3 Å². The van der Waals surface area contributed by atoms with E-state index < -0.39 is 0 Å². The number of piperazine rings is 1. The highest BCUT2D eigenvalue weighted by molar-refractivity contribution is 6.10. The average Bonchev–Trinajstić information content (AvgIpc) is 2.54. The van der Waals surface area contributed by atoms with Crippen molar-refractivity contribution >= 4 is 17.4 Å². The van der Waals surface area contributed by atoms with E-state index in [2.05, 4.69) is 34.0 Å². The molecule has 0 bridgehead atoms. The molecule has 0 radical (unpaired) electrons. The number of hydrogen-bond donors (Lipinski definition) is 2. The summed E-state index contributed by atoms with van der Waals surface area (Å²) in [5.74, 6) is 0.848. The highest BCUT2D eigenvalue weighted by Gasteiger charge is 2.23. The number of nitrogens with two attached hydrogens (primary N) is 1. The van der Waals surface area contributed by atoms with Crippen LogP contribution in [0.4, 0.5) is 11.6 Å². The van der Waals surface area contributed by atoms with Crippen molar-refractivity contribution in [2.24, 2.45) is 0 Å². The number of rotatable bonds is 3. The van der Waals surface area contributed by atoms with Gasteiger partial charge in [-0.05, 0) is 38.1 Å². The predicted octanol–water partition coefficient (Wildman–Crippen LogP) is 1.72. The summed E-state index contributed by atoms with van der Waals surface area (Å²) in [5.41, 5.74) is 6.58. The van der Waals surface area contributed by atoms with Gasteiger partial charge in [0.05, 0.1) is 5.56 Å². The predicted molar refractivity (Wildman–Crippen MR) is 92.7 cm³/mol. The molecule has 2 aromatic rings. The van der Waals surface area contributed by atoms with E-state index in [1.165, 1.54) is 0 Å². The van der Waals surface area contributed by atoms with Gasteiger partial charge in [0.2, 0.25) is 5.78 Å². The molecule has 1 aliphatic heterocycles. The maximum atomic E-state index is 12.6. The second-order valence-electron chi connectivity index (χ2n) is 6.02. The molecule has 2 aromatic heterocycles. The first-order valence-electron chi connectivity index (χ1n) is 7.78. The van der Waals surface area contributed by atoms with Gasteiger partial charge in [0.15, 0.2) is 0 Å². The largest absolute Gasteiger partial charge is 0.383 e. The number of carbonyl (C=O) groups is 1. The molecule has 0 aromatic carbocycles. The molecule has 23 heavy (non-hydrogen) atoms. The summed E-state index contributed by atoms with van der Waals surface area (Å²) in [7, 11) is 0. The number of hydrogen-bond acceptors (Lipinski definition) is 6. The Labute approximate surface area is 137 Å². The van der Waals surface area contributed by atoms with Crippen LogP contribution in [0, 0.1) is 0 Å². The van der Waals surface area contributed by atoms with E-state index in [-0.39, 0.29) is 13.0 Å². The van der Waals surface area contributed by atoms with Gasteiger partial charge in [0.25, 0.3) is 0 Å². The molecule has 0 saturated carbocycles. The first kappa shape index (κ1) is 15.4. The van der Waals surface area contributed by atoms with Crippen molar-refractivity contribution in [3.05, 3.63) is 47.8 Å². The van der Waals surface area contributed by atoms with Gasteiger partial charge in [-0.15, -0.1) is 0 Å². The lowest BCUT2D eigenvalue weighted by atomic mass is 10.1. The van der Waals surface area contributed by atoms with Gasteiger partial charge in [-0.1, -0.05) is 6.07 Å². The number of carbonyl (C=O) groups excluding carboxylic acids is 1. The highest BCUT2D eigenvalue weighted by Crippen LogP contribution is 2.18. The van der Waals surface area contributed by atoms with Crippen molar-refractivity contribution in [1.82, 2.24) is 15.3 Å². The van der Waals surface area contributed by atoms with Gasteiger partial charge in [0, 0.05) is 32.8 Å². The van der Waals surface area contributed by atoms with Crippen LogP contribution in [-0.4, -0.2) is 40.9 Å². The molecule has 1 aliphatic rings. The molecule has 1 fully saturated rings. The van der Waals surface area contributed by atoms with Crippen molar-refractivity contribution in [3.8, 4) is 0 Å². The van der Waals surface area contributed by atoms with Gasteiger partial charge in [-0.3, -0.25) is 4.79 Å². The van der Waals surface area contributed by atoms with Crippen LogP contribution in [0.3, 0.4) is 0 Å². The quantitative estimate of drug-likeness (QED) is 0.840. The molecular formula is C17H23N5O. The van der Waals surface area contributed by atoms with Gasteiger partial charge >= 0.3 is 0 Å². The number of pyridine rings is 2. The van der Waals surface area contributed by atoms with Crippen LogP contribution in [0.25, 0.3) is 0 Å². The monoisotopic (exact) mass is 313 g/mol. The van der Waals surface area contributed by atoms with Gasteiger partial charge in [-0.2, -0.15) is 0 Å². The molecule has 2 atom stereocenters. The van der Waals surface area contributed by atoms with E-state index in [1.807, 2.05) is 12.1 Å². The minimum absolute atomic E-state index is 0. The zero-order chi connectivity index (χ0) is 16.4. The first-order valence-corrected chi connectivity index (χ1v) is 7.78. The van der Waals surface area contributed by atoms with Crippen molar-refractivity contribution in [1.29, 1.82) is 0 Å².